The Bertz CT molecular complexity index is 923. The molecule has 1 aliphatic heterocycles. The lowest BCUT2D eigenvalue weighted by Crippen LogP contribution is -2.34. The minimum absolute atomic E-state index is 0.232. The second kappa shape index (κ2) is 7.63. The summed E-state index contributed by atoms with van der Waals surface area (Å²) in [5.41, 5.74) is 1.90. The lowest BCUT2D eigenvalue weighted by atomic mass is 9.84. The van der Waals surface area contributed by atoms with Crippen LogP contribution in [-0.2, 0) is 9.30 Å². The van der Waals surface area contributed by atoms with E-state index < -0.39 is 7.29 Å². The summed E-state index contributed by atoms with van der Waals surface area (Å²) in [7, 11) is -2.89. The first kappa shape index (κ1) is 18.9. The van der Waals surface area contributed by atoms with E-state index in [1.165, 1.54) is 25.7 Å². The molecule has 3 nitrogen and oxygen atoms in total. The van der Waals surface area contributed by atoms with Crippen LogP contribution in [0.2, 0.25) is 0 Å². The van der Waals surface area contributed by atoms with Gasteiger partial charge in [-0.25, -0.2) is 0 Å². The molecule has 3 aliphatic rings. The predicted octanol–water partition coefficient (Wildman–Crippen LogP) is 6.71. The SMILES string of the molecule is C[C@@H](NP1(=O)C=C(c2ccccc2)OC(c2ccccc2)=C1)[C@@H]1C[C@H]2CC[C@H]1C2. The molecule has 4 atom stereocenters. The number of hydrogen-bond acceptors (Lipinski definition) is 2. The van der Waals surface area contributed by atoms with Crippen LogP contribution >= 0.6 is 7.29 Å². The molecule has 2 saturated carbocycles. The molecule has 5 rings (SSSR count). The molecule has 0 radical (unpaired) electrons. The van der Waals surface area contributed by atoms with Gasteiger partial charge in [0.1, 0.15) is 11.5 Å². The maximum Gasteiger partial charge on any atom is 0.198 e. The van der Waals surface area contributed by atoms with Gasteiger partial charge in [-0.05, 0) is 43.9 Å². The third-order valence-corrected chi connectivity index (χ3v) is 8.84. The van der Waals surface area contributed by atoms with Crippen LogP contribution in [0.25, 0.3) is 11.5 Å². The fourth-order valence-corrected chi connectivity index (χ4v) is 7.58. The van der Waals surface area contributed by atoms with Crippen molar-refractivity contribution in [3.63, 3.8) is 0 Å². The number of nitrogens with one attached hydrogen (secondary N) is 1. The maximum atomic E-state index is 14.0. The molecule has 1 N–H and O–H groups in total. The van der Waals surface area contributed by atoms with Crippen LogP contribution in [0.3, 0.4) is 0 Å². The van der Waals surface area contributed by atoms with E-state index in [-0.39, 0.29) is 6.04 Å². The van der Waals surface area contributed by atoms with Gasteiger partial charge in [-0.3, -0.25) is 9.65 Å². The van der Waals surface area contributed by atoms with Gasteiger partial charge in [-0.2, -0.15) is 0 Å². The summed E-state index contributed by atoms with van der Waals surface area (Å²) >= 11 is 0. The van der Waals surface area contributed by atoms with Gasteiger partial charge in [0.05, 0.1) is 0 Å². The Morgan fingerprint density at radius 1 is 0.897 bits per heavy atom. The van der Waals surface area contributed by atoms with Gasteiger partial charge < -0.3 is 4.74 Å². The van der Waals surface area contributed by atoms with Crippen molar-refractivity contribution in [2.24, 2.45) is 17.8 Å². The Hall–Kier alpha value is -2.09. The van der Waals surface area contributed by atoms with Gasteiger partial charge in [0.25, 0.3) is 0 Å². The second-order valence-electron chi connectivity index (χ2n) is 8.79. The van der Waals surface area contributed by atoms with E-state index in [9.17, 15) is 4.57 Å². The highest BCUT2D eigenvalue weighted by Gasteiger charge is 2.43. The third kappa shape index (κ3) is 3.86. The smallest absolute Gasteiger partial charge is 0.198 e. The monoisotopic (exact) mass is 405 g/mol. The minimum Gasteiger partial charge on any atom is -0.456 e. The summed E-state index contributed by atoms with van der Waals surface area (Å²) in [6, 6.07) is 20.1. The van der Waals surface area contributed by atoms with Crippen molar-refractivity contribution < 1.29 is 9.30 Å². The lowest BCUT2D eigenvalue weighted by Gasteiger charge is -2.32. The van der Waals surface area contributed by atoms with Crippen molar-refractivity contribution in [1.82, 2.24) is 5.09 Å². The summed E-state index contributed by atoms with van der Waals surface area (Å²) < 4.78 is 20.3. The number of benzene rings is 2. The summed E-state index contributed by atoms with van der Waals surface area (Å²) in [5.74, 6) is 7.29. The maximum absolute atomic E-state index is 14.0. The molecule has 2 aromatic carbocycles. The zero-order valence-corrected chi connectivity index (χ0v) is 17.7. The van der Waals surface area contributed by atoms with Gasteiger partial charge in [0, 0.05) is 28.8 Å². The normalized spacial score (nSPS) is 28.4. The van der Waals surface area contributed by atoms with Gasteiger partial charge in [-0.15, -0.1) is 0 Å². The van der Waals surface area contributed by atoms with E-state index in [1.54, 1.807) is 0 Å². The van der Waals surface area contributed by atoms with Crippen LogP contribution < -0.4 is 5.09 Å². The zero-order valence-electron chi connectivity index (χ0n) is 16.8. The molecule has 0 amide bonds. The molecule has 0 aromatic heterocycles. The van der Waals surface area contributed by atoms with E-state index in [2.05, 4.69) is 12.0 Å². The topological polar surface area (TPSA) is 38.3 Å². The number of fused-ring (bicyclic) bond motifs is 2. The van der Waals surface area contributed by atoms with E-state index in [4.69, 9.17) is 4.74 Å². The van der Waals surface area contributed by atoms with Gasteiger partial charge in [0.15, 0.2) is 7.29 Å². The third-order valence-electron chi connectivity index (χ3n) is 6.80. The summed E-state index contributed by atoms with van der Waals surface area (Å²) in [5, 5.41) is 3.54. The molecule has 2 bridgehead atoms. The largest absolute Gasteiger partial charge is 0.456 e. The quantitative estimate of drug-likeness (QED) is 0.562. The number of ether oxygens (including phenoxy) is 1. The van der Waals surface area contributed by atoms with Crippen LogP contribution in [0.5, 0.6) is 0 Å². The molecule has 29 heavy (non-hydrogen) atoms. The Morgan fingerprint density at radius 3 is 1.97 bits per heavy atom. The molecule has 1 heterocycles. The van der Waals surface area contributed by atoms with Crippen LogP contribution in [0.1, 0.15) is 43.7 Å². The van der Waals surface area contributed by atoms with E-state index in [1.807, 2.05) is 72.3 Å². The lowest BCUT2D eigenvalue weighted by molar-refractivity contribution is 0.280. The first-order valence-corrected chi connectivity index (χ1v) is 12.6. The Morgan fingerprint density at radius 2 is 1.48 bits per heavy atom. The summed E-state index contributed by atoms with van der Waals surface area (Å²) in [4.78, 5) is 0. The highest BCUT2D eigenvalue weighted by Crippen LogP contribution is 2.56. The molecule has 4 heteroatoms. The van der Waals surface area contributed by atoms with Crippen molar-refractivity contribution in [3.05, 3.63) is 83.4 Å². The van der Waals surface area contributed by atoms with Crippen LogP contribution in [0.4, 0.5) is 0 Å². The van der Waals surface area contributed by atoms with E-state index >= 15 is 0 Å². The first-order valence-electron chi connectivity index (χ1n) is 10.7. The molecule has 150 valence electrons. The molecule has 2 fully saturated rings. The van der Waals surface area contributed by atoms with Crippen molar-refractivity contribution in [3.8, 4) is 0 Å². The molecule has 2 aromatic rings. The molecular weight excluding hydrogens is 377 g/mol. The van der Waals surface area contributed by atoms with Crippen LogP contribution in [0.15, 0.2) is 72.3 Å². The summed E-state index contributed by atoms with van der Waals surface area (Å²) in [6.45, 7) is 2.21. The Kier molecular flexibility index (Phi) is 4.97. The highest BCUT2D eigenvalue weighted by atomic mass is 31.2. The summed E-state index contributed by atoms with van der Waals surface area (Å²) in [6.07, 6.45) is 5.36. The van der Waals surface area contributed by atoms with Crippen molar-refractivity contribution in [2.45, 2.75) is 38.6 Å². The second-order valence-corrected chi connectivity index (χ2v) is 11.0. The van der Waals surface area contributed by atoms with Crippen LogP contribution in [0, 0.1) is 17.8 Å². The van der Waals surface area contributed by atoms with E-state index in [0.29, 0.717) is 17.4 Å². The van der Waals surface area contributed by atoms with Crippen molar-refractivity contribution >= 4 is 18.8 Å². The Balaban J connectivity index is 1.47. The number of hydrogen-bond donors (Lipinski definition) is 1. The molecule has 0 spiro atoms. The molecular formula is C25H28NO2P. The standard InChI is InChI=1S/C25H28NO2P/c1-18(23-15-19-12-13-22(23)14-19)26-29(27)16-24(20-8-4-2-5-9-20)28-25(17-29)21-10-6-3-7-11-21/h2-11,16-19,22-23H,12-15H2,1H3,(H,26,27)/t18-,19+,22+,23+/m1/s1. The molecule has 0 saturated heterocycles. The van der Waals surface area contributed by atoms with Crippen molar-refractivity contribution in [2.75, 3.05) is 0 Å². The van der Waals surface area contributed by atoms with Gasteiger partial charge in [-0.1, -0.05) is 67.1 Å². The number of rotatable bonds is 5. The van der Waals surface area contributed by atoms with Gasteiger partial charge >= 0.3 is 0 Å². The van der Waals surface area contributed by atoms with Gasteiger partial charge in [0.2, 0.25) is 0 Å². The highest BCUT2D eigenvalue weighted by molar-refractivity contribution is 7.68. The average molecular weight is 405 g/mol. The zero-order chi connectivity index (χ0) is 19.8. The molecule has 2 aliphatic carbocycles. The average Bonchev–Trinajstić information content (AvgIpc) is 3.38. The Labute approximate surface area is 173 Å². The van der Waals surface area contributed by atoms with Crippen molar-refractivity contribution in [1.29, 1.82) is 0 Å². The predicted molar refractivity (Wildman–Crippen MR) is 119 cm³/mol. The van der Waals surface area contributed by atoms with E-state index in [0.717, 1.165) is 23.0 Å². The minimum atomic E-state index is -2.89. The first-order chi connectivity index (χ1) is 14.1. The fraction of sp³-hybridized carbons (Fsp3) is 0.360. The molecule has 0 unspecified atom stereocenters. The fourth-order valence-electron chi connectivity index (χ4n) is 5.42. The van der Waals surface area contributed by atoms with Crippen LogP contribution in [-0.4, -0.2) is 6.04 Å².